The second kappa shape index (κ2) is 6.77. The standard InChI is InChI=1S/C11H19OSi.2ClH.Ti/c1-8-7-11(4,12-13(5)6)10(3)9(8)2;;;/h13H,1-6H3;2*1H;. The van der Waals surface area contributed by atoms with Gasteiger partial charge in [-0.1, -0.05) is 0 Å². The number of allylic oxidation sites excluding steroid dienone is 2. The van der Waals surface area contributed by atoms with Crippen LogP contribution < -0.4 is 0 Å². The van der Waals surface area contributed by atoms with Gasteiger partial charge in [0.05, 0.1) is 0 Å². The van der Waals surface area contributed by atoms with E-state index in [0.29, 0.717) is 0 Å². The monoisotopic (exact) mass is 315 g/mol. The van der Waals surface area contributed by atoms with Gasteiger partial charge in [-0.3, -0.25) is 0 Å². The summed E-state index contributed by atoms with van der Waals surface area (Å²) in [6, 6.07) is 0. The van der Waals surface area contributed by atoms with Crippen LogP contribution in [-0.2, 0) is 24.9 Å². The Kier molecular flexibility index (Phi) is 8.16. The van der Waals surface area contributed by atoms with E-state index in [9.17, 15) is 0 Å². The molecular weight excluding hydrogens is 295 g/mol. The van der Waals surface area contributed by atoms with Crippen LogP contribution in [0.2, 0.25) is 13.1 Å². The van der Waals surface area contributed by atoms with Gasteiger partial charge >= 0.3 is 101 Å². The van der Waals surface area contributed by atoms with Crippen molar-refractivity contribution in [2.45, 2.75) is 46.4 Å². The largest absolute Gasteiger partial charge is 0.147 e. The molecule has 0 aromatic carbocycles. The first-order chi connectivity index (χ1) is 6.30. The second-order valence-electron chi connectivity index (χ2n) is 4.45. The molecular formula is C11H21Cl2OSiTi. The molecule has 0 aromatic rings. The van der Waals surface area contributed by atoms with Crippen molar-refractivity contribution in [3.05, 3.63) is 20.6 Å². The molecule has 0 heterocycles. The fourth-order valence-corrected chi connectivity index (χ4v) is 4.09. The van der Waals surface area contributed by atoms with Crippen LogP contribution in [0.3, 0.4) is 0 Å². The van der Waals surface area contributed by atoms with Crippen LogP contribution in [0.1, 0.15) is 27.7 Å². The fraction of sp³-hybridized carbons (Fsp3) is 0.636. The van der Waals surface area contributed by atoms with E-state index < -0.39 is 9.04 Å². The second-order valence-corrected chi connectivity index (χ2v) is 7.56. The van der Waals surface area contributed by atoms with Gasteiger partial charge in [0.2, 0.25) is 0 Å². The summed E-state index contributed by atoms with van der Waals surface area (Å²) in [7, 11) is -0.991. The molecule has 0 bridgehead atoms. The van der Waals surface area contributed by atoms with Crippen LogP contribution >= 0.6 is 24.8 Å². The quantitative estimate of drug-likeness (QED) is 0.705. The van der Waals surface area contributed by atoms with Gasteiger partial charge < -0.3 is 0 Å². The van der Waals surface area contributed by atoms with Crippen molar-refractivity contribution in [2.24, 2.45) is 0 Å². The Bertz CT molecular complexity index is 300. The summed E-state index contributed by atoms with van der Waals surface area (Å²) in [5.41, 5.74) is 4.13. The summed E-state index contributed by atoms with van der Waals surface area (Å²) >= 11 is 2.20. The van der Waals surface area contributed by atoms with Crippen molar-refractivity contribution in [1.29, 1.82) is 0 Å². The minimum atomic E-state index is -0.991. The van der Waals surface area contributed by atoms with E-state index in [1.165, 1.54) is 20.6 Å². The number of halogens is 2. The summed E-state index contributed by atoms with van der Waals surface area (Å²) in [4.78, 5) is 0. The van der Waals surface area contributed by atoms with Crippen LogP contribution in [0.25, 0.3) is 0 Å². The summed E-state index contributed by atoms with van der Waals surface area (Å²) in [5.74, 6) is 0. The van der Waals surface area contributed by atoms with Gasteiger partial charge in [-0.05, 0) is 0 Å². The summed E-state index contributed by atoms with van der Waals surface area (Å²) < 4.78 is 7.58. The molecule has 1 aliphatic carbocycles. The average Bonchev–Trinajstić information content (AvgIpc) is 2.21. The minimum Gasteiger partial charge on any atom is -0.147 e. The molecule has 1 atom stereocenters. The fourth-order valence-electron chi connectivity index (χ4n) is 1.99. The number of hydrogen-bond donors (Lipinski definition) is 0. The van der Waals surface area contributed by atoms with Crippen LogP contribution in [0, 0.1) is 0 Å². The first-order valence-electron chi connectivity index (χ1n) is 5.09. The maximum Gasteiger partial charge on any atom is -0.147 e. The average molecular weight is 316 g/mol. The Labute approximate surface area is 125 Å². The molecule has 5 heteroatoms. The predicted molar refractivity (Wildman–Crippen MR) is 73.9 cm³/mol. The minimum absolute atomic E-state index is 0. The van der Waals surface area contributed by atoms with Gasteiger partial charge in [-0.25, -0.2) is 0 Å². The third kappa shape index (κ3) is 3.24. The van der Waals surface area contributed by atoms with Crippen molar-refractivity contribution in [2.75, 3.05) is 0 Å². The molecule has 0 N–H and O–H groups in total. The van der Waals surface area contributed by atoms with Crippen LogP contribution in [0.4, 0.5) is 0 Å². The van der Waals surface area contributed by atoms with Crippen molar-refractivity contribution in [3.8, 4) is 0 Å². The van der Waals surface area contributed by atoms with Crippen LogP contribution in [-0.4, -0.2) is 14.6 Å². The molecule has 0 aromatic heterocycles. The molecule has 1 nitrogen and oxygen atoms in total. The Morgan fingerprint density at radius 2 is 1.50 bits per heavy atom. The molecule has 16 heavy (non-hydrogen) atoms. The van der Waals surface area contributed by atoms with Crippen LogP contribution in [0.15, 0.2) is 20.6 Å². The van der Waals surface area contributed by atoms with E-state index in [0.717, 1.165) is 0 Å². The molecule has 0 saturated carbocycles. The van der Waals surface area contributed by atoms with Gasteiger partial charge in [0.25, 0.3) is 0 Å². The van der Waals surface area contributed by atoms with Crippen molar-refractivity contribution in [1.82, 2.24) is 0 Å². The Morgan fingerprint density at radius 3 is 1.75 bits per heavy atom. The first kappa shape index (κ1) is 19.3. The van der Waals surface area contributed by atoms with Crippen molar-refractivity contribution in [3.63, 3.8) is 0 Å². The molecule has 1 unspecified atom stereocenters. The molecule has 0 spiro atoms. The zero-order valence-electron chi connectivity index (χ0n) is 10.8. The number of rotatable bonds is 2. The zero-order valence-corrected chi connectivity index (χ0v) is 15.2. The van der Waals surface area contributed by atoms with E-state index in [1.807, 2.05) is 0 Å². The smallest absolute Gasteiger partial charge is 0.147 e. The van der Waals surface area contributed by atoms with Crippen molar-refractivity contribution < 1.29 is 24.9 Å². The first-order valence-corrected chi connectivity index (χ1v) is 8.66. The Morgan fingerprint density at radius 1 is 1.06 bits per heavy atom. The Hall–Kier alpha value is 0.951. The molecule has 1 rings (SSSR count). The van der Waals surface area contributed by atoms with Gasteiger partial charge in [-0.2, -0.15) is 0 Å². The molecule has 93 valence electrons. The van der Waals surface area contributed by atoms with Gasteiger partial charge in [0, 0.05) is 0 Å². The topological polar surface area (TPSA) is 9.23 Å². The Balaban J connectivity index is 0. The number of hydrogen-bond acceptors (Lipinski definition) is 1. The molecule has 1 aliphatic rings. The van der Waals surface area contributed by atoms with Crippen LogP contribution in [0.5, 0.6) is 0 Å². The maximum absolute atomic E-state index is 6.19. The normalized spacial score (nSPS) is 24.6. The third-order valence-corrected chi connectivity index (χ3v) is 5.44. The third-order valence-electron chi connectivity index (χ3n) is 3.16. The molecule has 0 aliphatic heterocycles. The summed E-state index contributed by atoms with van der Waals surface area (Å²) in [5, 5.41) is 0. The maximum atomic E-state index is 6.19. The zero-order chi connectivity index (χ0) is 11.1. The van der Waals surface area contributed by atoms with Gasteiger partial charge in [-0.15, -0.1) is 24.8 Å². The summed E-state index contributed by atoms with van der Waals surface area (Å²) in [6.07, 6.45) is 0. The predicted octanol–water partition coefficient (Wildman–Crippen LogP) is 3.76. The summed E-state index contributed by atoms with van der Waals surface area (Å²) in [6.45, 7) is 13.3. The van der Waals surface area contributed by atoms with E-state index in [2.05, 4.69) is 61.2 Å². The van der Waals surface area contributed by atoms with Crippen molar-refractivity contribution >= 4 is 33.9 Å². The molecule has 0 fully saturated rings. The van der Waals surface area contributed by atoms with Gasteiger partial charge in [0.1, 0.15) is 0 Å². The van der Waals surface area contributed by atoms with E-state index in [-0.39, 0.29) is 30.4 Å². The molecule has 0 radical (unpaired) electrons. The van der Waals surface area contributed by atoms with Gasteiger partial charge in [0.15, 0.2) is 0 Å². The molecule has 0 saturated heterocycles. The van der Waals surface area contributed by atoms with E-state index >= 15 is 0 Å². The van der Waals surface area contributed by atoms with E-state index in [1.54, 1.807) is 0 Å². The van der Waals surface area contributed by atoms with E-state index in [4.69, 9.17) is 4.43 Å². The SMILES string of the molecule is CC1=C(C)C(C)(O[SiH](C)C)[C]([Ti])=C1C.Cl.Cl. The molecule has 0 amide bonds.